The normalized spacial score (nSPS) is 16.4. The number of benzene rings is 1. The molecular formula is C14H17NO3. The summed E-state index contributed by atoms with van der Waals surface area (Å²) in [5, 5.41) is 0. The van der Waals surface area contributed by atoms with Gasteiger partial charge in [0.2, 0.25) is 6.08 Å². The number of ether oxygens (including phenoxy) is 2. The lowest BCUT2D eigenvalue weighted by Gasteiger charge is -2.39. The molecule has 0 aromatic heterocycles. The van der Waals surface area contributed by atoms with Gasteiger partial charge in [0.1, 0.15) is 5.54 Å². The first-order chi connectivity index (χ1) is 8.68. The number of hydrogen-bond acceptors (Lipinski definition) is 4. The maximum absolute atomic E-state index is 10.7. The molecule has 96 valence electrons. The molecule has 1 aliphatic carbocycles. The Balaban J connectivity index is 2.64. The van der Waals surface area contributed by atoms with Crippen LogP contribution >= 0.6 is 0 Å². The standard InChI is InChI=1S/C14H17NO3/c1-10-5-6-11(17-2)13(18-3)12(10)14(15-9-16)7-4-8-14/h5-6H,4,7-8H2,1-3H3. The van der Waals surface area contributed by atoms with Crippen molar-refractivity contribution < 1.29 is 14.3 Å². The van der Waals surface area contributed by atoms with Gasteiger partial charge in [-0.15, -0.1) is 0 Å². The summed E-state index contributed by atoms with van der Waals surface area (Å²) in [5.41, 5.74) is 1.55. The van der Waals surface area contributed by atoms with Crippen molar-refractivity contribution in [2.45, 2.75) is 31.7 Å². The fourth-order valence-electron chi connectivity index (χ4n) is 2.62. The summed E-state index contributed by atoms with van der Waals surface area (Å²) in [6, 6.07) is 3.84. The Morgan fingerprint density at radius 1 is 1.28 bits per heavy atom. The molecule has 1 saturated carbocycles. The SMILES string of the molecule is COc1ccc(C)c(C2(N=C=O)CCC2)c1OC. The number of aryl methyl sites for hydroxylation is 1. The van der Waals surface area contributed by atoms with Crippen LogP contribution in [0.25, 0.3) is 0 Å². The molecule has 4 heteroatoms. The molecule has 4 nitrogen and oxygen atoms in total. The van der Waals surface area contributed by atoms with Crippen molar-refractivity contribution in [1.82, 2.24) is 0 Å². The lowest BCUT2D eigenvalue weighted by molar-refractivity contribution is 0.241. The van der Waals surface area contributed by atoms with E-state index in [4.69, 9.17) is 9.47 Å². The van der Waals surface area contributed by atoms with Gasteiger partial charge < -0.3 is 9.47 Å². The van der Waals surface area contributed by atoms with Crippen LogP contribution in [0.3, 0.4) is 0 Å². The van der Waals surface area contributed by atoms with Crippen molar-refractivity contribution in [2.75, 3.05) is 14.2 Å². The van der Waals surface area contributed by atoms with Crippen LogP contribution in [0.4, 0.5) is 0 Å². The number of nitrogens with zero attached hydrogens (tertiary/aromatic N) is 1. The number of hydrogen-bond donors (Lipinski definition) is 0. The highest BCUT2D eigenvalue weighted by atomic mass is 16.5. The van der Waals surface area contributed by atoms with Crippen LogP contribution in [0.15, 0.2) is 17.1 Å². The molecule has 0 atom stereocenters. The average molecular weight is 247 g/mol. The molecule has 2 rings (SSSR count). The molecule has 18 heavy (non-hydrogen) atoms. The van der Waals surface area contributed by atoms with E-state index in [9.17, 15) is 4.79 Å². The van der Waals surface area contributed by atoms with Crippen LogP contribution in [-0.4, -0.2) is 20.3 Å². The van der Waals surface area contributed by atoms with Crippen molar-refractivity contribution in [2.24, 2.45) is 4.99 Å². The Morgan fingerprint density at radius 2 is 2.00 bits per heavy atom. The van der Waals surface area contributed by atoms with E-state index < -0.39 is 5.54 Å². The number of methoxy groups -OCH3 is 2. The van der Waals surface area contributed by atoms with E-state index >= 15 is 0 Å². The minimum atomic E-state index is -0.467. The number of rotatable bonds is 4. The van der Waals surface area contributed by atoms with Crippen LogP contribution in [-0.2, 0) is 10.3 Å². The van der Waals surface area contributed by atoms with Gasteiger partial charge in [-0.2, -0.15) is 4.99 Å². The molecule has 1 aromatic carbocycles. The second-order valence-corrected chi connectivity index (χ2v) is 4.58. The van der Waals surface area contributed by atoms with Gasteiger partial charge >= 0.3 is 0 Å². The van der Waals surface area contributed by atoms with Crippen LogP contribution in [0.2, 0.25) is 0 Å². The van der Waals surface area contributed by atoms with Gasteiger partial charge in [-0.25, -0.2) is 4.79 Å². The maximum Gasteiger partial charge on any atom is 0.235 e. The van der Waals surface area contributed by atoms with Crippen LogP contribution in [0, 0.1) is 6.92 Å². The molecule has 0 heterocycles. The zero-order chi connectivity index (χ0) is 13.2. The smallest absolute Gasteiger partial charge is 0.235 e. The molecule has 0 unspecified atom stereocenters. The van der Waals surface area contributed by atoms with E-state index in [1.165, 1.54) is 0 Å². The first kappa shape index (κ1) is 12.7. The largest absolute Gasteiger partial charge is 0.493 e. The maximum atomic E-state index is 10.7. The zero-order valence-corrected chi connectivity index (χ0v) is 10.9. The fraction of sp³-hybridized carbons (Fsp3) is 0.500. The van der Waals surface area contributed by atoms with Gasteiger partial charge in [0.25, 0.3) is 0 Å². The first-order valence-corrected chi connectivity index (χ1v) is 5.99. The predicted octanol–water partition coefficient (Wildman–Crippen LogP) is 2.73. The fourth-order valence-corrected chi connectivity index (χ4v) is 2.62. The molecule has 0 amide bonds. The van der Waals surface area contributed by atoms with Crippen molar-refractivity contribution in [3.8, 4) is 11.5 Å². The molecule has 1 aliphatic rings. The Labute approximate surface area is 107 Å². The number of aliphatic imine (C=N–C) groups is 1. The lowest BCUT2D eigenvalue weighted by atomic mass is 9.70. The number of carbonyl (C=O) groups excluding carboxylic acids is 1. The quantitative estimate of drug-likeness (QED) is 0.607. The minimum Gasteiger partial charge on any atom is -0.493 e. The number of isocyanates is 1. The first-order valence-electron chi connectivity index (χ1n) is 5.99. The summed E-state index contributed by atoms with van der Waals surface area (Å²) in [6.07, 6.45) is 4.47. The Kier molecular flexibility index (Phi) is 3.39. The highest BCUT2D eigenvalue weighted by Gasteiger charge is 2.43. The van der Waals surface area contributed by atoms with Crippen molar-refractivity contribution in [3.05, 3.63) is 23.3 Å². The summed E-state index contributed by atoms with van der Waals surface area (Å²) in [6.45, 7) is 2.00. The molecule has 1 aromatic rings. The van der Waals surface area contributed by atoms with E-state index in [-0.39, 0.29) is 0 Å². The molecule has 0 N–H and O–H groups in total. The molecule has 0 saturated heterocycles. The topological polar surface area (TPSA) is 47.9 Å². The summed E-state index contributed by atoms with van der Waals surface area (Å²) in [4.78, 5) is 14.7. The summed E-state index contributed by atoms with van der Waals surface area (Å²) < 4.78 is 10.8. The van der Waals surface area contributed by atoms with Crippen molar-refractivity contribution in [3.63, 3.8) is 0 Å². The molecular weight excluding hydrogens is 230 g/mol. The van der Waals surface area contributed by atoms with E-state index in [1.54, 1.807) is 20.3 Å². The van der Waals surface area contributed by atoms with Gasteiger partial charge in [0.05, 0.1) is 14.2 Å². The molecule has 1 fully saturated rings. The summed E-state index contributed by atoms with van der Waals surface area (Å²) >= 11 is 0. The monoisotopic (exact) mass is 247 g/mol. The Bertz CT molecular complexity index is 500. The highest BCUT2D eigenvalue weighted by Crippen LogP contribution is 2.51. The summed E-state index contributed by atoms with van der Waals surface area (Å²) in [5.74, 6) is 1.35. The van der Waals surface area contributed by atoms with Crippen molar-refractivity contribution in [1.29, 1.82) is 0 Å². The second kappa shape index (κ2) is 4.83. The van der Waals surface area contributed by atoms with Crippen LogP contribution in [0.1, 0.15) is 30.4 Å². The van der Waals surface area contributed by atoms with E-state index in [0.717, 1.165) is 30.4 Å². The van der Waals surface area contributed by atoms with Gasteiger partial charge in [-0.1, -0.05) is 6.07 Å². The average Bonchev–Trinajstić information content (AvgIpc) is 2.34. The Morgan fingerprint density at radius 3 is 2.44 bits per heavy atom. The van der Waals surface area contributed by atoms with Crippen LogP contribution < -0.4 is 9.47 Å². The molecule has 0 spiro atoms. The second-order valence-electron chi connectivity index (χ2n) is 4.58. The Hall–Kier alpha value is -1.80. The van der Waals surface area contributed by atoms with Gasteiger partial charge in [-0.05, 0) is 37.8 Å². The molecule has 0 bridgehead atoms. The van der Waals surface area contributed by atoms with Gasteiger partial charge in [-0.3, -0.25) is 0 Å². The molecule has 0 aliphatic heterocycles. The lowest BCUT2D eigenvalue weighted by Crippen LogP contribution is -2.33. The van der Waals surface area contributed by atoms with E-state index in [2.05, 4.69) is 4.99 Å². The minimum absolute atomic E-state index is 0.467. The molecule has 0 radical (unpaired) electrons. The third-order valence-corrected chi connectivity index (χ3v) is 3.66. The van der Waals surface area contributed by atoms with Crippen molar-refractivity contribution >= 4 is 6.08 Å². The third-order valence-electron chi connectivity index (χ3n) is 3.66. The highest BCUT2D eigenvalue weighted by molar-refractivity contribution is 5.56. The van der Waals surface area contributed by atoms with Crippen LogP contribution in [0.5, 0.6) is 11.5 Å². The van der Waals surface area contributed by atoms with E-state index in [0.29, 0.717) is 11.5 Å². The van der Waals surface area contributed by atoms with E-state index in [1.807, 2.05) is 19.1 Å². The third kappa shape index (κ3) is 1.79. The predicted molar refractivity (Wildman–Crippen MR) is 67.9 cm³/mol. The van der Waals surface area contributed by atoms with Gasteiger partial charge in [0, 0.05) is 5.56 Å². The summed E-state index contributed by atoms with van der Waals surface area (Å²) in [7, 11) is 3.21. The zero-order valence-electron chi connectivity index (χ0n) is 10.9. The van der Waals surface area contributed by atoms with Gasteiger partial charge in [0.15, 0.2) is 11.5 Å².